The van der Waals surface area contributed by atoms with Crippen molar-refractivity contribution in [3.8, 4) is 0 Å². The number of anilines is 2. The fourth-order valence-electron chi connectivity index (χ4n) is 2.53. The molecule has 0 radical (unpaired) electrons. The quantitative estimate of drug-likeness (QED) is 0.901. The lowest BCUT2D eigenvalue weighted by atomic mass is 10.3. The molecule has 1 amide bonds. The Balaban J connectivity index is 1.50. The van der Waals surface area contributed by atoms with E-state index in [2.05, 4.69) is 20.2 Å². The van der Waals surface area contributed by atoms with Gasteiger partial charge in [-0.2, -0.15) is 0 Å². The summed E-state index contributed by atoms with van der Waals surface area (Å²) in [6, 6.07) is 6.94. The van der Waals surface area contributed by atoms with Crippen molar-refractivity contribution in [2.24, 2.45) is 0 Å². The summed E-state index contributed by atoms with van der Waals surface area (Å²) in [6.07, 6.45) is 3.44. The van der Waals surface area contributed by atoms with Gasteiger partial charge >= 0.3 is 0 Å². The zero-order valence-electron chi connectivity index (χ0n) is 13.0. The maximum absolute atomic E-state index is 12.3. The SMILES string of the molecule is O=C(CNc1ccc(Cl)cc1Cl)N1CCN(c2ncccn2)CC1. The summed E-state index contributed by atoms with van der Waals surface area (Å²) in [4.78, 5) is 24.7. The number of carbonyl (C=O) groups excluding carboxylic acids is 1. The van der Waals surface area contributed by atoms with Gasteiger partial charge in [0.1, 0.15) is 0 Å². The molecule has 1 N–H and O–H groups in total. The molecule has 2 aromatic rings. The first-order chi connectivity index (χ1) is 11.6. The number of nitrogens with one attached hydrogen (secondary N) is 1. The van der Waals surface area contributed by atoms with Crippen LogP contribution in [0.15, 0.2) is 36.7 Å². The van der Waals surface area contributed by atoms with E-state index in [-0.39, 0.29) is 12.5 Å². The van der Waals surface area contributed by atoms with Crippen molar-refractivity contribution in [1.29, 1.82) is 0 Å². The van der Waals surface area contributed by atoms with Gasteiger partial charge in [0.2, 0.25) is 11.9 Å². The number of carbonyl (C=O) groups is 1. The fraction of sp³-hybridized carbons (Fsp3) is 0.312. The number of hydrogen-bond acceptors (Lipinski definition) is 5. The molecule has 1 aromatic carbocycles. The molecule has 0 aliphatic carbocycles. The van der Waals surface area contributed by atoms with Crippen molar-refractivity contribution in [3.05, 3.63) is 46.7 Å². The van der Waals surface area contributed by atoms with Gasteiger partial charge in [-0.15, -0.1) is 0 Å². The van der Waals surface area contributed by atoms with Crippen LogP contribution in [0.25, 0.3) is 0 Å². The lowest BCUT2D eigenvalue weighted by Crippen LogP contribution is -2.50. The molecule has 1 fully saturated rings. The van der Waals surface area contributed by atoms with Crippen molar-refractivity contribution in [3.63, 3.8) is 0 Å². The first kappa shape index (κ1) is 16.8. The molecule has 0 atom stereocenters. The monoisotopic (exact) mass is 365 g/mol. The van der Waals surface area contributed by atoms with Crippen LogP contribution in [0.1, 0.15) is 0 Å². The number of nitrogens with zero attached hydrogens (tertiary/aromatic N) is 4. The minimum absolute atomic E-state index is 0.0367. The molecule has 2 heterocycles. The summed E-state index contributed by atoms with van der Waals surface area (Å²) in [5.41, 5.74) is 0.700. The third kappa shape index (κ3) is 4.07. The van der Waals surface area contributed by atoms with Crippen LogP contribution < -0.4 is 10.2 Å². The van der Waals surface area contributed by atoms with Crippen LogP contribution in [0.5, 0.6) is 0 Å². The number of aromatic nitrogens is 2. The van der Waals surface area contributed by atoms with Crippen LogP contribution in [0.4, 0.5) is 11.6 Å². The molecular weight excluding hydrogens is 349 g/mol. The van der Waals surface area contributed by atoms with Crippen molar-refractivity contribution >= 4 is 40.7 Å². The van der Waals surface area contributed by atoms with Crippen molar-refractivity contribution < 1.29 is 4.79 Å². The number of hydrogen-bond donors (Lipinski definition) is 1. The molecule has 0 spiro atoms. The lowest BCUT2D eigenvalue weighted by molar-refractivity contribution is -0.129. The lowest BCUT2D eigenvalue weighted by Gasteiger charge is -2.34. The standard InChI is InChI=1S/C16H17Cl2N5O/c17-12-2-3-14(13(18)10-12)21-11-15(24)22-6-8-23(9-7-22)16-19-4-1-5-20-16/h1-5,10,21H,6-9,11H2. The van der Waals surface area contributed by atoms with E-state index in [0.717, 1.165) is 13.1 Å². The Kier molecular flexibility index (Phi) is 5.37. The predicted octanol–water partition coefficient (Wildman–Crippen LogP) is 2.54. The van der Waals surface area contributed by atoms with Crippen molar-refractivity contribution in [2.75, 3.05) is 42.9 Å². The third-order valence-electron chi connectivity index (χ3n) is 3.83. The highest BCUT2D eigenvalue weighted by Crippen LogP contribution is 2.25. The summed E-state index contributed by atoms with van der Waals surface area (Å²) in [6.45, 7) is 2.93. The number of benzene rings is 1. The molecule has 0 bridgehead atoms. The number of amides is 1. The van der Waals surface area contributed by atoms with Gasteiger partial charge in [-0.3, -0.25) is 4.79 Å². The Hall–Kier alpha value is -2.05. The zero-order chi connectivity index (χ0) is 16.9. The predicted molar refractivity (Wildman–Crippen MR) is 95.8 cm³/mol. The maximum atomic E-state index is 12.3. The van der Waals surface area contributed by atoms with E-state index >= 15 is 0 Å². The van der Waals surface area contributed by atoms with Crippen LogP contribution in [-0.4, -0.2) is 53.5 Å². The Morgan fingerprint density at radius 3 is 2.50 bits per heavy atom. The normalized spacial score (nSPS) is 14.6. The van der Waals surface area contributed by atoms with Gasteiger partial charge in [-0.05, 0) is 24.3 Å². The van der Waals surface area contributed by atoms with Gasteiger partial charge in [-0.25, -0.2) is 9.97 Å². The molecule has 0 unspecified atom stereocenters. The average molecular weight is 366 g/mol. The molecule has 6 nitrogen and oxygen atoms in total. The van der Waals surface area contributed by atoms with Crippen LogP contribution >= 0.6 is 23.2 Å². The van der Waals surface area contributed by atoms with Gasteiger partial charge < -0.3 is 15.1 Å². The molecule has 0 saturated carbocycles. The van der Waals surface area contributed by atoms with Crippen LogP contribution in [0.2, 0.25) is 10.0 Å². The van der Waals surface area contributed by atoms with Crippen LogP contribution in [0, 0.1) is 0 Å². The van der Waals surface area contributed by atoms with E-state index in [4.69, 9.17) is 23.2 Å². The van der Waals surface area contributed by atoms with E-state index in [1.807, 2.05) is 4.90 Å². The molecule has 1 saturated heterocycles. The smallest absolute Gasteiger partial charge is 0.241 e. The largest absolute Gasteiger partial charge is 0.375 e. The number of rotatable bonds is 4. The van der Waals surface area contributed by atoms with Gasteiger partial charge in [0.15, 0.2) is 0 Å². The Labute approximate surface area is 150 Å². The fourth-order valence-corrected chi connectivity index (χ4v) is 3.00. The molecule has 8 heteroatoms. The van der Waals surface area contributed by atoms with E-state index in [1.54, 1.807) is 36.7 Å². The molecule has 1 aromatic heterocycles. The first-order valence-corrected chi connectivity index (χ1v) is 8.38. The van der Waals surface area contributed by atoms with Crippen molar-refractivity contribution in [2.45, 2.75) is 0 Å². The van der Waals surface area contributed by atoms with Gasteiger partial charge in [0.25, 0.3) is 0 Å². The highest BCUT2D eigenvalue weighted by atomic mass is 35.5. The molecule has 3 rings (SSSR count). The molecular formula is C16H17Cl2N5O. The molecule has 1 aliphatic rings. The Bertz CT molecular complexity index is 705. The highest BCUT2D eigenvalue weighted by Gasteiger charge is 2.22. The topological polar surface area (TPSA) is 61.4 Å². The minimum Gasteiger partial charge on any atom is -0.375 e. The minimum atomic E-state index is 0.0367. The van der Waals surface area contributed by atoms with Gasteiger partial charge in [-0.1, -0.05) is 23.2 Å². The van der Waals surface area contributed by atoms with E-state index in [0.29, 0.717) is 34.8 Å². The summed E-state index contributed by atoms with van der Waals surface area (Å²) in [7, 11) is 0. The highest BCUT2D eigenvalue weighted by molar-refractivity contribution is 6.36. The average Bonchev–Trinajstić information content (AvgIpc) is 2.62. The maximum Gasteiger partial charge on any atom is 0.241 e. The zero-order valence-corrected chi connectivity index (χ0v) is 14.5. The Morgan fingerprint density at radius 1 is 1.12 bits per heavy atom. The van der Waals surface area contributed by atoms with E-state index in [1.165, 1.54) is 0 Å². The summed E-state index contributed by atoms with van der Waals surface area (Å²) in [5, 5.41) is 4.13. The van der Waals surface area contributed by atoms with Crippen LogP contribution in [0.3, 0.4) is 0 Å². The first-order valence-electron chi connectivity index (χ1n) is 7.62. The molecule has 1 aliphatic heterocycles. The van der Waals surface area contributed by atoms with Gasteiger partial charge in [0.05, 0.1) is 17.3 Å². The second-order valence-corrected chi connectivity index (χ2v) is 6.24. The second-order valence-electron chi connectivity index (χ2n) is 5.39. The summed E-state index contributed by atoms with van der Waals surface area (Å²) < 4.78 is 0. The van der Waals surface area contributed by atoms with Crippen molar-refractivity contribution in [1.82, 2.24) is 14.9 Å². The molecule has 24 heavy (non-hydrogen) atoms. The third-order valence-corrected chi connectivity index (χ3v) is 4.38. The second kappa shape index (κ2) is 7.68. The van der Waals surface area contributed by atoms with Crippen LogP contribution in [-0.2, 0) is 4.79 Å². The Morgan fingerprint density at radius 2 is 1.83 bits per heavy atom. The molecule has 126 valence electrons. The number of piperazine rings is 1. The van der Waals surface area contributed by atoms with E-state index < -0.39 is 0 Å². The van der Waals surface area contributed by atoms with E-state index in [9.17, 15) is 4.79 Å². The summed E-state index contributed by atoms with van der Waals surface area (Å²) >= 11 is 12.0. The number of halogens is 2. The van der Waals surface area contributed by atoms with Gasteiger partial charge in [0, 0.05) is 43.6 Å². The summed E-state index contributed by atoms with van der Waals surface area (Å²) in [5.74, 6) is 0.741.